The molecule has 2 aromatic heterocycles. The fraction of sp³-hybridized carbons (Fsp3) is 0.0182. The summed E-state index contributed by atoms with van der Waals surface area (Å²) in [7, 11) is 0. The summed E-state index contributed by atoms with van der Waals surface area (Å²) < 4.78 is 0. The molecule has 0 saturated heterocycles. The highest BCUT2D eigenvalue weighted by Gasteiger charge is 2.54. The van der Waals surface area contributed by atoms with Crippen LogP contribution in [0.4, 0.5) is 0 Å². The van der Waals surface area contributed by atoms with Crippen LogP contribution in [0.25, 0.3) is 89.7 Å². The summed E-state index contributed by atoms with van der Waals surface area (Å²) in [5.41, 5.74) is 17.3. The molecule has 2 aliphatic rings. The zero-order valence-electron chi connectivity index (χ0n) is 31.9. The molecule has 0 N–H and O–H groups in total. The lowest BCUT2D eigenvalue weighted by Crippen LogP contribution is -2.26. The van der Waals surface area contributed by atoms with Crippen LogP contribution in [0, 0.1) is 0 Å². The van der Waals surface area contributed by atoms with E-state index >= 15 is 0 Å². The number of para-hydroxylation sites is 1. The monoisotopic (exact) mass is 750 g/mol. The minimum Gasteiger partial charge on any atom is -0.247 e. The van der Waals surface area contributed by atoms with Crippen molar-refractivity contribution in [1.82, 2.24) is 19.9 Å². The molecular formula is C55H34N4. The molecule has 0 radical (unpaired) electrons. The first-order valence-corrected chi connectivity index (χ1v) is 20.1. The molecule has 0 bridgehead atoms. The van der Waals surface area contributed by atoms with E-state index in [2.05, 4.69) is 182 Å². The first kappa shape index (κ1) is 33.3. The molecule has 59 heavy (non-hydrogen) atoms. The Morgan fingerprint density at radius 2 is 0.746 bits per heavy atom. The van der Waals surface area contributed by atoms with Gasteiger partial charge in [0.1, 0.15) is 0 Å². The van der Waals surface area contributed by atoms with Gasteiger partial charge in [-0.2, -0.15) is 0 Å². The molecule has 0 amide bonds. The van der Waals surface area contributed by atoms with Crippen molar-refractivity contribution in [1.29, 1.82) is 0 Å². The zero-order valence-corrected chi connectivity index (χ0v) is 31.9. The predicted octanol–water partition coefficient (Wildman–Crippen LogP) is 13.1. The van der Waals surface area contributed by atoms with E-state index < -0.39 is 5.41 Å². The average Bonchev–Trinajstić information content (AvgIpc) is 3.80. The quantitative estimate of drug-likeness (QED) is 0.176. The van der Waals surface area contributed by atoms with Gasteiger partial charge in [-0.1, -0.05) is 200 Å². The van der Waals surface area contributed by atoms with E-state index in [4.69, 9.17) is 19.9 Å². The number of fused-ring (bicyclic) bond motifs is 12. The summed E-state index contributed by atoms with van der Waals surface area (Å²) in [6.45, 7) is 0. The maximum absolute atomic E-state index is 5.42. The number of hydrogen-bond donors (Lipinski definition) is 0. The van der Waals surface area contributed by atoms with E-state index in [0.717, 1.165) is 50.0 Å². The molecule has 2 aliphatic carbocycles. The second-order valence-electron chi connectivity index (χ2n) is 15.3. The number of nitrogens with zero attached hydrogens (tertiary/aromatic N) is 4. The summed E-state index contributed by atoms with van der Waals surface area (Å²) in [5.74, 6) is 1.91. The second kappa shape index (κ2) is 13.1. The van der Waals surface area contributed by atoms with Crippen molar-refractivity contribution in [3.63, 3.8) is 0 Å². The van der Waals surface area contributed by atoms with Crippen molar-refractivity contribution in [3.05, 3.63) is 229 Å². The average molecular weight is 751 g/mol. The Balaban J connectivity index is 1.14. The van der Waals surface area contributed by atoms with Crippen molar-refractivity contribution in [2.75, 3.05) is 0 Å². The lowest BCUT2D eigenvalue weighted by molar-refractivity contribution is 0.801. The first-order chi connectivity index (χ1) is 29.3. The van der Waals surface area contributed by atoms with Crippen molar-refractivity contribution in [3.8, 4) is 78.8 Å². The molecule has 0 fully saturated rings. The molecule has 4 heteroatoms. The van der Waals surface area contributed by atoms with Crippen molar-refractivity contribution in [2.45, 2.75) is 5.41 Å². The summed E-state index contributed by atoms with van der Waals surface area (Å²) in [4.78, 5) is 21.2. The van der Waals surface area contributed by atoms with Crippen molar-refractivity contribution < 1.29 is 0 Å². The van der Waals surface area contributed by atoms with Gasteiger partial charge in [0.25, 0.3) is 0 Å². The van der Waals surface area contributed by atoms with Gasteiger partial charge in [-0.15, -0.1) is 0 Å². The lowest BCUT2D eigenvalue weighted by Gasteiger charge is -2.31. The molecule has 2 heterocycles. The third-order valence-corrected chi connectivity index (χ3v) is 12.1. The van der Waals surface area contributed by atoms with Crippen LogP contribution in [0.3, 0.4) is 0 Å². The topological polar surface area (TPSA) is 51.6 Å². The molecule has 1 atom stereocenters. The van der Waals surface area contributed by atoms with Gasteiger partial charge >= 0.3 is 0 Å². The Labute approximate surface area is 342 Å². The minimum absolute atomic E-state index is 0.620. The molecule has 8 aromatic carbocycles. The summed E-state index contributed by atoms with van der Waals surface area (Å²) in [5, 5.41) is 1.15. The predicted molar refractivity (Wildman–Crippen MR) is 239 cm³/mol. The highest BCUT2D eigenvalue weighted by molar-refractivity contribution is 6.07. The van der Waals surface area contributed by atoms with Gasteiger partial charge in [0.2, 0.25) is 0 Å². The molecule has 12 rings (SSSR count). The van der Waals surface area contributed by atoms with Crippen LogP contribution in [-0.2, 0) is 5.41 Å². The third kappa shape index (κ3) is 4.96. The van der Waals surface area contributed by atoms with E-state index in [1.807, 2.05) is 24.3 Å². The Kier molecular flexibility index (Phi) is 7.41. The zero-order chi connectivity index (χ0) is 38.9. The summed E-state index contributed by atoms with van der Waals surface area (Å²) in [6.07, 6.45) is 0. The van der Waals surface area contributed by atoms with E-state index in [0.29, 0.717) is 17.5 Å². The Bertz CT molecular complexity index is 3250. The highest BCUT2D eigenvalue weighted by Crippen LogP contribution is 2.66. The Hall–Kier alpha value is -7.82. The number of rotatable bonds is 5. The van der Waals surface area contributed by atoms with Gasteiger partial charge in [0, 0.05) is 33.2 Å². The molecule has 0 saturated carbocycles. The van der Waals surface area contributed by atoms with Crippen molar-refractivity contribution in [2.24, 2.45) is 0 Å². The number of hydrogen-bond acceptors (Lipinski definition) is 4. The van der Waals surface area contributed by atoms with Crippen LogP contribution in [0.1, 0.15) is 22.3 Å². The van der Waals surface area contributed by atoms with E-state index in [1.54, 1.807) is 0 Å². The van der Waals surface area contributed by atoms with Gasteiger partial charge in [-0.3, -0.25) is 0 Å². The molecule has 1 spiro atoms. The molecule has 274 valence electrons. The first-order valence-electron chi connectivity index (χ1n) is 20.1. The highest BCUT2D eigenvalue weighted by atomic mass is 15.0. The number of pyridine rings is 1. The standard InChI is InChI=1S/C55H34N4/c1-4-17-35(18-5-1)36-31-33-39(34-32-36)53-57-52(38-21-8-3-9-22-38)58-54(59-53)43-26-16-29-46-48(43)40-23-10-13-27-44(40)55(46)45-28-14-11-24-41(45)49-50(55)42-25-12-15-30-47(42)56-51(49)37-19-6-2-7-20-37/h1-34H. The maximum Gasteiger partial charge on any atom is 0.164 e. The second-order valence-corrected chi connectivity index (χ2v) is 15.3. The third-order valence-electron chi connectivity index (χ3n) is 12.1. The largest absolute Gasteiger partial charge is 0.247 e. The fourth-order valence-electron chi connectivity index (χ4n) is 9.69. The van der Waals surface area contributed by atoms with Gasteiger partial charge in [-0.25, -0.2) is 19.9 Å². The van der Waals surface area contributed by atoms with Gasteiger partial charge in [0.15, 0.2) is 17.5 Å². The normalized spacial score (nSPS) is 14.5. The Morgan fingerprint density at radius 1 is 0.288 bits per heavy atom. The molecule has 1 unspecified atom stereocenters. The number of aromatic nitrogens is 4. The van der Waals surface area contributed by atoms with E-state index in [-0.39, 0.29) is 0 Å². The fourth-order valence-corrected chi connectivity index (χ4v) is 9.69. The summed E-state index contributed by atoms with van der Waals surface area (Å²) >= 11 is 0. The SMILES string of the molecule is c1ccc(-c2ccc(-c3nc(-c4ccccc4)nc(-c4cccc5c4-c4ccccc4C54c5ccccc5-c5c(-c6ccccc6)nc6ccccc6c54)n3)cc2)cc1. The molecule has 0 aliphatic heterocycles. The Morgan fingerprint density at radius 3 is 1.42 bits per heavy atom. The maximum atomic E-state index is 5.42. The van der Waals surface area contributed by atoms with Crippen LogP contribution in [0.2, 0.25) is 0 Å². The van der Waals surface area contributed by atoms with E-state index in [9.17, 15) is 0 Å². The van der Waals surface area contributed by atoms with E-state index in [1.165, 1.54) is 44.5 Å². The molecule has 10 aromatic rings. The summed E-state index contributed by atoms with van der Waals surface area (Å²) in [6, 6.07) is 73.0. The number of benzene rings is 8. The molecule has 4 nitrogen and oxygen atoms in total. The lowest BCUT2D eigenvalue weighted by atomic mass is 9.69. The minimum atomic E-state index is -0.620. The van der Waals surface area contributed by atoms with Gasteiger partial charge in [-0.05, 0) is 56.1 Å². The van der Waals surface area contributed by atoms with Gasteiger partial charge in [0.05, 0.1) is 16.6 Å². The van der Waals surface area contributed by atoms with Crippen LogP contribution in [-0.4, -0.2) is 19.9 Å². The molecular weight excluding hydrogens is 717 g/mol. The van der Waals surface area contributed by atoms with Crippen LogP contribution in [0.15, 0.2) is 206 Å². The van der Waals surface area contributed by atoms with Crippen LogP contribution in [0.5, 0.6) is 0 Å². The van der Waals surface area contributed by atoms with Crippen molar-refractivity contribution >= 4 is 10.9 Å². The smallest absolute Gasteiger partial charge is 0.164 e. The van der Waals surface area contributed by atoms with Crippen LogP contribution >= 0.6 is 0 Å². The van der Waals surface area contributed by atoms with Gasteiger partial charge < -0.3 is 0 Å². The van der Waals surface area contributed by atoms with Crippen LogP contribution < -0.4 is 0 Å².